The second kappa shape index (κ2) is 6.76. The fourth-order valence-electron chi connectivity index (χ4n) is 2.56. The second-order valence-electron chi connectivity index (χ2n) is 5.79. The van der Waals surface area contributed by atoms with Crippen LogP contribution in [0.2, 0.25) is 0 Å². The molecule has 0 spiro atoms. The zero-order valence-electron chi connectivity index (χ0n) is 13.0. The molecule has 1 aromatic rings. The van der Waals surface area contributed by atoms with Gasteiger partial charge in [-0.05, 0) is 30.5 Å². The first-order valence-corrected chi connectivity index (χ1v) is 7.32. The highest BCUT2D eigenvalue weighted by atomic mass is 19.1. The molecule has 1 aromatic carbocycles. The molecule has 0 saturated carbocycles. The first kappa shape index (κ1) is 16.9. The number of carboxylic acid groups (broad SMARTS) is 1. The number of nitrogens with one attached hydrogen (secondary N) is 1. The van der Waals surface area contributed by atoms with Crippen LogP contribution in [0, 0.1) is 18.7 Å². The van der Waals surface area contributed by atoms with E-state index in [4.69, 9.17) is 0 Å². The van der Waals surface area contributed by atoms with E-state index >= 15 is 0 Å². The van der Waals surface area contributed by atoms with Gasteiger partial charge in [0.05, 0.1) is 0 Å². The van der Waals surface area contributed by atoms with E-state index in [-0.39, 0.29) is 12.3 Å². The molecule has 2 unspecified atom stereocenters. The number of piperidine rings is 1. The number of carbonyl (C=O) groups excluding carboxylic acids is 2. The van der Waals surface area contributed by atoms with Crippen LogP contribution in [0.25, 0.3) is 0 Å². The maximum atomic E-state index is 13.3. The smallest absolute Gasteiger partial charge is 0.330 e. The molecule has 23 heavy (non-hydrogen) atoms. The topological polar surface area (TPSA) is 86.7 Å². The van der Waals surface area contributed by atoms with Crippen molar-refractivity contribution >= 4 is 17.8 Å². The van der Waals surface area contributed by atoms with Gasteiger partial charge in [0.15, 0.2) is 6.04 Å². The summed E-state index contributed by atoms with van der Waals surface area (Å²) in [5, 5.41) is 11.8. The first-order valence-electron chi connectivity index (χ1n) is 7.32. The summed E-state index contributed by atoms with van der Waals surface area (Å²) in [7, 11) is 1.66. The molecule has 124 valence electrons. The van der Waals surface area contributed by atoms with Crippen molar-refractivity contribution in [2.75, 3.05) is 13.6 Å². The van der Waals surface area contributed by atoms with Crippen LogP contribution in [0.4, 0.5) is 4.39 Å². The third kappa shape index (κ3) is 3.85. The number of halogens is 1. The molecule has 1 fully saturated rings. The first-order chi connectivity index (χ1) is 10.8. The molecule has 1 aliphatic heterocycles. The van der Waals surface area contributed by atoms with Crippen LogP contribution in [0.5, 0.6) is 0 Å². The van der Waals surface area contributed by atoms with E-state index in [2.05, 4.69) is 5.32 Å². The fraction of sp³-hybridized carbons (Fsp3) is 0.438. The lowest BCUT2D eigenvalue weighted by atomic mass is 9.94. The molecular weight excluding hydrogens is 303 g/mol. The van der Waals surface area contributed by atoms with Crippen molar-refractivity contribution in [3.8, 4) is 0 Å². The summed E-state index contributed by atoms with van der Waals surface area (Å²) in [5.41, 5.74) is 0.599. The quantitative estimate of drug-likeness (QED) is 0.873. The summed E-state index contributed by atoms with van der Waals surface area (Å²) < 4.78 is 13.3. The Bertz CT molecular complexity index is 647. The summed E-state index contributed by atoms with van der Waals surface area (Å²) in [5.74, 6) is -2.82. The molecule has 1 aliphatic rings. The van der Waals surface area contributed by atoms with Crippen molar-refractivity contribution in [3.63, 3.8) is 0 Å². The van der Waals surface area contributed by atoms with Crippen molar-refractivity contribution in [1.82, 2.24) is 10.2 Å². The summed E-state index contributed by atoms with van der Waals surface area (Å²) in [6.07, 6.45) is 0.556. The minimum absolute atomic E-state index is 0.0666. The van der Waals surface area contributed by atoms with Crippen LogP contribution in [-0.2, 0) is 14.4 Å². The van der Waals surface area contributed by atoms with Crippen LogP contribution in [-0.4, -0.2) is 41.4 Å². The van der Waals surface area contributed by atoms with Gasteiger partial charge in [0.1, 0.15) is 5.82 Å². The van der Waals surface area contributed by atoms with Crippen molar-refractivity contribution in [1.29, 1.82) is 0 Å². The highest BCUT2D eigenvalue weighted by Crippen LogP contribution is 2.21. The van der Waals surface area contributed by atoms with E-state index < -0.39 is 29.7 Å². The average Bonchev–Trinajstić information content (AvgIpc) is 2.50. The molecule has 2 atom stereocenters. The van der Waals surface area contributed by atoms with Crippen LogP contribution in [0.15, 0.2) is 18.2 Å². The number of hydrogen-bond donors (Lipinski definition) is 2. The molecule has 0 aliphatic carbocycles. The number of aryl methyl sites for hydroxylation is 1. The van der Waals surface area contributed by atoms with Crippen LogP contribution in [0.1, 0.15) is 30.0 Å². The molecule has 1 saturated heterocycles. The van der Waals surface area contributed by atoms with Crippen molar-refractivity contribution in [2.24, 2.45) is 5.92 Å². The number of carbonyl (C=O) groups is 3. The van der Waals surface area contributed by atoms with E-state index in [9.17, 15) is 23.9 Å². The molecule has 2 amide bonds. The molecule has 6 nitrogen and oxygen atoms in total. The van der Waals surface area contributed by atoms with Gasteiger partial charge in [0.2, 0.25) is 11.8 Å². The van der Waals surface area contributed by atoms with Crippen molar-refractivity contribution in [2.45, 2.75) is 25.8 Å². The summed E-state index contributed by atoms with van der Waals surface area (Å²) >= 11 is 0. The van der Waals surface area contributed by atoms with Gasteiger partial charge < -0.3 is 15.3 Å². The average molecular weight is 322 g/mol. The fourth-order valence-corrected chi connectivity index (χ4v) is 2.56. The second-order valence-corrected chi connectivity index (χ2v) is 5.79. The normalized spacial score (nSPS) is 19.3. The maximum absolute atomic E-state index is 13.3. The highest BCUT2D eigenvalue weighted by Gasteiger charge is 2.31. The predicted octanol–water partition coefficient (Wildman–Crippen LogP) is 1.24. The lowest BCUT2D eigenvalue weighted by Gasteiger charge is -2.28. The Morgan fingerprint density at radius 3 is 2.70 bits per heavy atom. The molecule has 2 N–H and O–H groups in total. The Kier molecular flexibility index (Phi) is 4.98. The van der Waals surface area contributed by atoms with Gasteiger partial charge in [-0.2, -0.15) is 0 Å². The van der Waals surface area contributed by atoms with Crippen LogP contribution < -0.4 is 5.32 Å². The number of benzene rings is 1. The van der Waals surface area contributed by atoms with Gasteiger partial charge in [-0.3, -0.25) is 9.59 Å². The third-order valence-electron chi connectivity index (χ3n) is 4.08. The maximum Gasteiger partial charge on any atom is 0.330 e. The van der Waals surface area contributed by atoms with Gasteiger partial charge >= 0.3 is 5.97 Å². The van der Waals surface area contributed by atoms with Gasteiger partial charge in [0.25, 0.3) is 0 Å². The van der Waals surface area contributed by atoms with Gasteiger partial charge in [-0.25, -0.2) is 9.18 Å². The Balaban J connectivity index is 2.13. The van der Waals surface area contributed by atoms with Crippen molar-refractivity contribution < 1.29 is 23.9 Å². The number of hydrogen-bond acceptors (Lipinski definition) is 3. The largest absolute Gasteiger partial charge is 0.479 e. The molecule has 1 heterocycles. The number of nitrogens with zero attached hydrogens (tertiary/aromatic N) is 1. The van der Waals surface area contributed by atoms with E-state index in [1.165, 1.54) is 25.1 Å². The lowest BCUT2D eigenvalue weighted by molar-refractivity contribution is -0.144. The summed E-state index contributed by atoms with van der Waals surface area (Å²) in [6.45, 7) is 1.99. The van der Waals surface area contributed by atoms with Crippen LogP contribution in [0.3, 0.4) is 0 Å². The van der Waals surface area contributed by atoms with Gasteiger partial charge in [-0.15, -0.1) is 0 Å². The van der Waals surface area contributed by atoms with E-state index in [0.717, 1.165) is 0 Å². The molecule has 0 radical (unpaired) electrons. The van der Waals surface area contributed by atoms with Crippen LogP contribution >= 0.6 is 0 Å². The molecule has 0 aromatic heterocycles. The molecule has 0 bridgehead atoms. The Morgan fingerprint density at radius 1 is 1.43 bits per heavy atom. The summed E-state index contributed by atoms with van der Waals surface area (Å²) in [4.78, 5) is 36.9. The summed E-state index contributed by atoms with van der Waals surface area (Å²) in [6, 6.07) is 2.64. The molecular formula is C16H19FN2O4. The lowest BCUT2D eigenvalue weighted by Crippen LogP contribution is -2.44. The number of aliphatic carboxylic acids is 1. The monoisotopic (exact) mass is 322 g/mol. The minimum Gasteiger partial charge on any atom is -0.479 e. The van der Waals surface area contributed by atoms with E-state index in [0.29, 0.717) is 24.1 Å². The minimum atomic E-state index is -1.27. The Morgan fingerprint density at radius 2 is 2.13 bits per heavy atom. The number of carboxylic acids is 1. The predicted molar refractivity (Wildman–Crippen MR) is 80.0 cm³/mol. The molecule has 2 rings (SSSR count). The SMILES string of the molecule is Cc1cc(C(NC(=O)C2CCN(C)C(=O)C2)C(=O)O)ccc1F. The number of likely N-dealkylation sites (tertiary alicyclic amines) is 1. The van der Waals surface area contributed by atoms with E-state index in [1.807, 2.05) is 0 Å². The van der Waals surface area contributed by atoms with Crippen molar-refractivity contribution in [3.05, 3.63) is 35.1 Å². The number of amides is 2. The zero-order chi connectivity index (χ0) is 17.1. The Labute approximate surface area is 133 Å². The highest BCUT2D eigenvalue weighted by molar-refractivity contribution is 5.89. The van der Waals surface area contributed by atoms with E-state index in [1.54, 1.807) is 11.9 Å². The van der Waals surface area contributed by atoms with Gasteiger partial charge in [0, 0.05) is 25.9 Å². The number of rotatable bonds is 4. The standard InChI is InChI=1S/C16H19FN2O4/c1-9-7-10(3-4-12(9)17)14(16(22)23)18-15(21)11-5-6-19(2)13(20)8-11/h3-4,7,11,14H,5-6,8H2,1-2H3,(H,18,21)(H,22,23). The third-order valence-corrected chi connectivity index (χ3v) is 4.08. The zero-order valence-corrected chi connectivity index (χ0v) is 13.0. The van der Waals surface area contributed by atoms with Gasteiger partial charge in [-0.1, -0.05) is 12.1 Å². The Hall–Kier alpha value is -2.44. The molecule has 7 heteroatoms.